The highest BCUT2D eigenvalue weighted by Crippen LogP contribution is 2.28. The van der Waals surface area contributed by atoms with E-state index < -0.39 is 0 Å². The molecule has 0 spiro atoms. The highest BCUT2D eigenvalue weighted by Gasteiger charge is 2.07. The first-order valence-corrected chi connectivity index (χ1v) is 9.54. The van der Waals surface area contributed by atoms with Crippen LogP contribution in [0, 0.1) is 18.3 Å². The van der Waals surface area contributed by atoms with Gasteiger partial charge in [0.25, 0.3) is 0 Å². The standard InChI is InChI=1S/C26H21N3/c1-3-20-15-26(28-17-23-7-5-4-6-18(23)2)29-25-13-12-22(14-24(20)25)21-10-8-19(16-27)9-11-21/h3-15H,1,17H2,2H3,(H,28,29). The Morgan fingerprint density at radius 3 is 2.48 bits per heavy atom. The largest absolute Gasteiger partial charge is 0.366 e. The van der Waals surface area contributed by atoms with Crippen LogP contribution in [-0.4, -0.2) is 4.98 Å². The van der Waals surface area contributed by atoms with Crippen molar-refractivity contribution in [1.82, 2.24) is 4.98 Å². The maximum atomic E-state index is 8.99. The van der Waals surface area contributed by atoms with E-state index in [1.54, 1.807) is 0 Å². The van der Waals surface area contributed by atoms with Gasteiger partial charge in [0.05, 0.1) is 17.1 Å². The maximum Gasteiger partial charge on any atom is 0.127 e. The Kier molecular flexibility index (Phi) is 5.09. The quantitative estimate of drug-likeness (QED) is 0.443. The molecule has 1 N–H and O–H groups in total. The van der Waals surface area contributed by atoms with Crippen LogP contribution in [0.3, 0.4) is 0 Å². The first-order chi connectivity index (χ1) is 14.2. The minimum absolute atomic E-state index is 0.660. The average molecular weight is 375 g/mol. The average Bonchev–Trinajstić information content (AvgIpc) is 2.77. The van der Waals surface area contributed by atoms with E-state index in [0.29, 0.717) is 5.56 Å². The van der Waals surface area contributed by atoms with Gasteiger partial charge in [0, 0.05) is 11.9 Å². The molecule has 0 aliphatic rings. The second-order valence-electron chi connectivity index (χ2n) is 7.00. The first-order valence-electron chi connectivity index (χ1n) is 9.54. The van der Waals surface area contributed by atoms with Crippen molar-refractivity contribution < 1.29 is 0 Å². The van der Waals surface area contributed by atoms with Gasteiger partial charge in [0.15, 0.2) is 0 Å². The summed E-state index contributed by atoms with van der Waals surface area (Å²) >= 11 is 0. The molecule has 0 atom stereocenters. The number of nitrogens with zero attached hydrogens (tertiary/aromatic N) is 2. The van der Waals surface area contributed by atoms with Crippen LogP contribution in [0.15, 0.2) is 79.4 Å². The van der Waals surface area contributed by atoms with E-state index in [4.69, 9.17) is 10.2 Å². The van der Waals surface area contributed by atoms with Crippen LogP contribution in [0.2, 0.25) is 0 Å². The molecule has 4 rings (SSSR count). The minimum Gasteiger partial charge on any atom is -0.366 e. The lowest BCUT2D eigenvalue weighted by Gasteiger charge is -2.12. The molecule has 0 radical (unpaired) electrons. The van der Waals surface area contributed by atoms with Gasteiger partial charge in [-0.3, -0.25) is 0 Å². The molecule has 0 saturated heterocycles. The third kappa shape index (κ3) is 3.88. The highest BCUT2D eigenvalue weighted by atomic mass is 15.0. The number of hydrogen-bond donors (Lipinski definition) is 1. The Hall–Kier alpha value is -3.90. The first kappa shape index (κ1) is 18.5. The number of aryl methyl sites for hydroxylation is 1. The summed E-state index contributed by atoms with van der Waals surface area (Å²) in [5, 5.41) is 13.5. The van der Waals surface area contributed by atoms with Gasteiger partial charge in [-0.15, -0.1) is 0 Å². The monoisotopic (exact) mass is 375 g/mol. The molecule has 3 nitrogen and oxygen atoms in total. The van der Waals surface area contributed by atoms with Gasteiger partial charge in [-0.25, -0.2) is 4.98 Å². The van der Waals surface area contributed by atoms with E-state index in [-0.39, 0.29) is 0 Å². The molecular weight excluding hydrogens is 354 g/mol. The van der Waals surface area contributed by atoms with Crippen molar-refractivity contribution >= 4 is 22.8 Å². The van der Waals surface area contributed by atoms with Crippen LogP contribution in [0.5, 0.6) is 0 Å². The lowest BCUT2D eigenvalue weighted by Crippen LogP contribution is -2.03. The predicted molar refractivity (Wildman–Crippen MR) is 120 cm³/mol. The Morgan fingerprint density at radius 2 is 1.76 bits per heavy atom. The molecule has 0 fully saturated rings. The SMILES string of the molecule is C=Cc1cc(NCc2ccccc2C)nc2ccc(-c3ccc(C#N)cc3)cc12. The Morgan fingerprint density at radius 1 is 1.00 bits per heavy atom. The molecule has 1 heterocycles. The number of benzene rings is 3. The topological polar surface area (TPSA) is 48.7 Å². The number of nitriles is 1. The van der Waals surface area contributed by atoms with E-state index in [1.165, 1.54) is 11.1 Å². The van der Waals surface area contributed by atoms with Gasteiger partial charge in [0.2, 0.25) is 0 Å². The molecule has 0 amide bonds. The van der Waals surface area contributed by atoms with Gasteiger partial charge < -0.3 is 5.32 Å². The van der Waals surface area contributed by atoms with Crippen LogP contribution < -0.4 is 5.32 Å². The molecule has 0 saturated carbocycles. The van der Waals surface area contributed by atoms with Crippen molar-refractivity contribution in [3.63, 3.8) is 0 Å². The summed E-state index contributed by atoms with van der Waals surface area (Å²) in [5.41, 5.74) is 7.30. The van der Waals surface area contributed by atoms with Gasteiger partial charge in [-0.05, 0) is 65.1 Å². The Labute approximate surface area is 171 Å². The van der Waals surface area contributed by atoms with Crippen LogP contribution >= 0.6 is 0 Å². The Balaban J connectivity index is 1.67. The van der Waals surface area contributed by atoms with Crippen molar-refractivity contribution in [2.24, 2.45) is 0 Å². The van der Waals surface area contributed by atoms with Gasteiger partial charge in [0.1, 0.15) is 5.82 Å². The van der Waals surface area contributed by atoms with Crippen molar-refractivity contribution in [3.05, 3.63) is 102 Å². The molecule has 3 aromatic carbocycles. The van der Waals surface area contributed by atoms with Crippen molar-refractivity contribution in [2.45, 2.75) is 13.5 Å². The summed E-state index contributed by atoms with van der Waals surface area (Å²) in [6.45, 7) is 6.83. The molecule has 0 aliphatic heterocycles. The van der Waals surface area contributed by atoms with E-state index in [0.717, 1.165) is 40.0 Å². The molecule has 140 valence electrons. The summed E-state index contributed by atoms with van der Waals surface area (Å²) in [6.07, 6.45) is 1.87. The van der Waals surface area contributed by atoms with Crippen LogP contribution in [0.1, 0.15) is 22.3 Å². The van der Waals surface area contributed by atoms with E-state index in [9.17, 15) is 0 Å². The zero-order valence-electron chi connectivity index (χ0n) is 16.3. The lowest BCUT2D eigenvalue weighted by atomic mass is 10.00. The molecule has 0 unspecified atom stereocenters. The lowest BCUT2D eigenvalue weighted by molar-refractivity contribution is 1.10. The van der Waals surface area contributed by atoms with Gasteiger partial charge in [-0.1, -0.05) is 55.1 Å². The normalized spacial score (nSPS) is 10.5. The number of aromatic nitrogens is 1. The second kappa shape index (κ2) is 8.00. The van der Waals surface area contributed by atoms with Gasteiger partial charge in [-0.2, -0.15) is 5.26 Å². The number of hydrogen-bond acceptors (Lipinski definition) is 3. The van der Waals surface area contributed by atoms with Crippen LogP contribution in [0.25, 0.3) is 28.1 Å². The van der Waals surface area contributed by atoms with Gasteiger partial charge >= 0.3 is 0 Å². The minimum atomic E-state index is 0.660. The smallest absolute Gasteiger partial charge is 0.127 e. The number of pyridine rings is 1. The van der Waals surface area contributed by atoms with Crippen molar-refractivity contribution in [2.75, 3.05) is 5.32 Å². The third-order valence-corrected chi connectivity index (χ3v) is 5.13. The fraction of sp³-hybridized carbons (Fsp3) is 0.0769. The zero-order chi connectivity index (χ0) is 20.2. The van der Waals surface area contributed by atoms with Crippen LogP contribution in [0.4, 0.5) is 5.82 Å². The zero-order valence-corrected chi connectivity index (χ0v) is 16.3. The molecular formula is C26H21N3. The highest BCUT2D eigenvalue weighted by molar-refractivity contribution is 5.92. The molecule has 0 aliphatic carbocycles. The van der Waals surface area contributed by atoms with E-state index >= 15 is 0 Å². The summed E-state index contributed by atoms with van der Waals surface area (Å²) < 4.78 is 0. The molecule has 3 heteroatoms. The number of nitrogens with one attached hydrogen (secondary N) is 1. The Bertz CT molecular complexity index is 1230. The molecule has 29 heavy (non-hydrogen) atoms. The number of rotatable bonds is 5. The summed E-state index contributed by atoms with van der Waals surface area (Å²) in [7, 11) is 0. The summed E-state index contributed by atoms with van der Waals surface area (Å²) in [5.74, 6) is 0.835. The van der Waals surface area contributed by atoms with Crippen molar-refractivity contribution in [3.8, 4) is 17.2 Å². The van der Waals surface area contributed by atoms with E-state index in [2.05, 4.69) is 55.2 Å². The summed E-state index contributed by atoms with van der Waals surface area (Å²) in [4.78, 5) is 4.79. The maximum absolute atomic E-state index is 8.99. The number of anilines is 1. The second-order valence-corrected chi connectivity index (χ2v) is 7.00. The fourth-order valence-electron chi connectivity index (χ4n) is 3.42. The summed E-state index contributed by atoms with van der Waals surface area (Å²) in [6, 6.07) is 26.4. The molecule has 4 aromatic rings. The predicted octanol–water partition coefficient (Wildman–Crippen LogP) is 6.34. The fourth-order valence-corrected chi connectivity index (χ4v) is 3.42. The third-order valence-electron chi connectivity index (χ3n) is 5.13. The van der Waals surface area contributed by atoms with E-state index in [1.807, 2.05) is 48.5 Å². The molecule has 1 aromatic heterocycles. The number of fused-ring (bicyclic) bond motifs is 1. The van der Waals surface area contributed by atoms with Crippen molar-refractivity contribution in [1.29, 1.82) is 5.26 Å². The van der Waals surface area contributed by atoms with Crippen LogP contribution in [-0.2, 0) is 6.54 Å². The molecule has 0 bridgehead atoms.